The summed E-state index contributed by atoms with van der Waals surface area (Å²) in [4.78, 5) is 17.2. The van der Waals surface area contributed by atoms with Crippen LogP contribution >= 0.6 is 11.3 Å². The molecule has 0 aliphatic carbocycles. The number of nitrogens with zero attached hydrogens (tertiary/aromatic N) is 2. The van der Waals surface area contributed by atoms with Gasteiger partial charge in [0.25, 0.3) is 5.56 Å². The molecule has 3 rings (SSSR count). The van der Waals surface area contributed by atoms with Crippen molar-refractivity contribution in [1.82, 2.24) is 4.57 Å². The molecule has 1 aliphatic rings. The molecule has 0 spiro atoms. The zero-order valence-corrected chi connectivity index (χ0v) is 10.4. The minimum atomic E-state index is -0.296. The molecule has 0 unspecified atom stereocenters. The summed E-state index contributed by atoms with van der Waals surface area (Å²) in [5.41, 5.74) is 0.675. The van der Waals surface area contributed by atoms with E-state index < -0.39 is 0 Å². The maximum atomic E-state index is 13.1. The summed E-state index contributed by atoms with van der Waals surface area (Å²) in [6.45, 7) is 1.50. The highest BCUT2D eigenvalue weighted by Gasteiger charge is 2.08. The lowest BCUT2D eigenvalue weighted by Gasteiger charge is -2.03. The van der Waals surface area contributed by atoms with Crippen molar-refractivity contribution in [1.29, 1.82) is 0 Å². The smallest absolute Gasteiger partial charge is 0.270 e. The van der Waals surface area contributed by atoms with Crippen molar-refractivity contribution < 1.29 is 4.39 Å². The molecule has 5 heteroatoms. The average molecular weight is 262 g/mol. The Morgan fingerprint density at radius 2 is 2.33 bits per heavy atom. The summed E-state index contributed by atoms with van der Waals surface area (Å²) in [5.74, 6) is -0.296. The minimum absolute atomic E-state index is 0.0253. The van der Waals surface area contributed by atoms with Gasteiger partial charge in [0.15, 0.2) is 4.80 Å². The van der Waals surface area contributed by atoms with Crippen molar-refractivity contribution in [3.63, 3.8) is 0 Å². The van der Waals surface area contributed by atoms with Crippen LogP contribution in [-0.4, -0.2) is 11.1 Å². The van der Waals surface area contributed by atoms with E-state index in [4.69, 9.17) is 0 Å². The van der Waals surface area contributed by atoms with Crippen LogP contribution in [0.2, 0.25) is 0 Å². The molecule has 0 bridgehead atoms. The molecule has 1 aliphatic heterocycles. The van der Waals surface area contributed by atoms with E-state index in [1.165, 1.54) is 23.5 Å². The number of benzene rings is 1. The molecular weight excluding hydrogens is 251 g/mol. The molecule has 3 nitrogen and oxygen atoms in total. The van der Waals surface area contributed by atoms with Gasteiger partial charge in [-0.05, 0) is 30.2 Å². The maximum Gasteiger partial charge on any atom is 0.270 e. The molecular formula is C13H11FN2OS. The molecule has 0 amide bonds. The second-order valence-electron chi connectivity index (χ2n) is 4.14. The van der Waals surface area contributed by atoms with Crippen LogP contribution in [0, 0.1) is 5.82 Å². The summed E-state index contributed by atoms with van der Waals surface area (Å²) >= 11 is 1.37. The third-order valence-corrected chi connectivity index (χ3v) is 3.87. The van der Waals surface area contributed by atoms with Crippen molar-refractivity contribution in [3.8, 4) is 0 Å². The third-order valence-electron chi connectivity index (χ3n) is 2.82. The Morgan fingerprint density at radius 3 is 3.11 bits per heavy atom. The van der Waals surface area contributed by atoms with E-state index in [1.54, 1.807) is 22.8 Å². The van der Waals surface area contributed by atoms with Gasteiger partial charge in [-0.15, -0.1) is 0 Å². The Morgan fingerprint density at radius 1 is 1.44 bits per heavy atom. The number of rotatable bonds is 1. The fourth-order valence-electron chi connectivity index (χ4n) is 1.97. The van der Waals surface area contributed by atoms with Gasteiger partial charge in [-0.1, -0.05) is 23.5 Å². The molecule has 0 radical (unpaired) electrons. The Hall–Kier alpha value is -1.75. The van der Waals surface area contributed by atoms with E-state index in [1.807, 2.05) is 0 Å². The molecule has 0 saturated carbocycles. The molecule has 0 fully saturated rings. The van der Waals surface area contributed by atoms with Gasteiger partial charge in [0.1, 0.15) is 5.82 Å². The fourth-order valence-corrected chi connectivity index (χ4v) is 3.00. The van der Waals surface area contributed by atoms with Crippen LogP contribution in [0.5, 0.6) is 0 Å². The highest BCUT2D eigenvalue weighted by atomic mass is 32.1. The van der Waals surface area contributed by atoms with Crippen LogP contribution in [0.25, 0.3) is 6.08 Å². The number of halogens is 1. The lowest BCUT2D eigenvalue weighted by Crippen LogP contribution is -2.33. The van der Waals surface area contributed by atoms with E-state index in [-0.39, 0.29) is 11.4 Å². The summed E-state index contributed by atoms with van der Waals surface area (Å²) in [6, 6.07) is 6.22. The van der Waals surface area contributed by atoms with Crippen molar-refractivity contribution in [2.45, 2.75) is 13.0 Å². The Balaban J connectivity index is 2.19. The topological polar surface area (TPSA) is 34.4 Å². The van der Waals surface area contributed by atoms with Gasteiger partial charge in [-0.3, -0.25) is 14.4 Å². The number of aromatic nitrogens is 1. The summed E-state index contributed by atoms with van der Waals surface area (Å²) in [6.07, 6.45) is 2.62. The van der Waals surface area contributed by atoms with E-state index in [0.29, 0.717) is 10.1 Å². The fraction of sp³-hybridized carbons (Fsp3) is 0.231. The zero-order chi connectivity index (χ0) is 12.5. The number of hydrogen-bond donors (Lipinski definition) is 0. The van der Waals surface area contributed by atoms with E-state index in [9.17, 15) is 9.18 Å². The number of fused-ring (bicyclic) bond motifs is 1. The standard InChI is InChI=1S/C13H11FN2OS/c14-10-4-1-3-9(7-10)8-11-12(17)16-6-2-5-15-13(16)18-11/h1,3-4,7-8H,2,5-6H2. The van der Waals surface area contributed by atoms with Crippen molar-refractivity contribution in [2.24, 2.45) is 4.99 Å². The van der Waals surface area contributed by atoms with Gasteiger partial charge in [-0.2, -0.15) is 0 Å². The number of hydrogen-bond acceptors (Lipinski definition) is 3. The maximum absolute atomic E-state index is 13.1. The molecule has 0 atom stereocenters. The van der Waals surface area contributed by atoms with Gasteiger partial charge < -0.3 is 0 Å². The number of thiazole rings is 1. The Kier molecular flexibility index (Phi) is 2.83. The largest absolute Gasteiger partial charge is 0.284 e. The second kappa shape index (κ2) is 4.49. The molecule has 0 saturated heterocycles. The van der Waals surface area contributed by atoms with E-state index >= 15 is 0 Å². The summed E-state index contributed by atoms with van der Waals surface area (Å²) in [5, 5.41) is 0. The molecule has 2 aromatic rings. The SMILES string of the molecule is O=c1c(=Cc2cccc(F)c2)sc2n1CCCN=2. The summed E-state index contributed by atoms with van der Waals surface area (Å²) < 4.78 is 15.4. The molecule has 1 aromatic heterocycles. The molecule has 2 heterocycles. The van der Waals surface area contributed by atoms with Crippen molar-refractivity contribution in [3.05, 3.63) is 55.3 Å². The predicted octanol–water partition coefficient (Wildman–Crippen LogP) is 0.901. The van der Waals surface area contributed by atoms with E-state index in [2.05, 4.69) is 4.99 Å². The van der Waals surface area contributed by atoms with Crippen LogP contribution in [0.4, 0.5) is 4.39 Å². The summed E-state index contributed by atoms with van der Waals surface area (Å²) in [7, 11) is 0. The molecule has 92 valence electrons. The monoisotopic (exact) mass is 262 g/mol. The van der Waals surface area contributed by atoms with Crippen molar-refractivity contribution >= 4 is 17.4 Å². The van der Waals surface area contributed by atoms with Crippen molar-refractivity contribution in [2.75, 3.05) is 6.54 Å². The van der Waals surface area contributed by atoms with E-state index in [0.717, 1.165) is 24.3 Å². The predicted molar refractivity (Wildman–Crippen MR) is 68.8 cm³/mol. The Labute approximate surface area is 107 Å². The van der Waals surface area contributed by atoms with Gasteiger partial charge in [0.2, 0.25) is 0 Å². The van der Waals surface area contributed by atoms with Gasteiger partial charge in [-0.25, -0.2) is 4.39 Å². The van der Waals surface area contributed by atoms with Gasteiger partial charge >= 0.3 is 0 Å². The quantitative estimate of drug-likeness (QED) is 0.752. The van der Waals surface area contributed by atoms with Crippen LogP contribution in [0.3, 0.4) is 0 Å². The van der Waals surface area contributed by atoms with Crippen LogP contribution in [0.1, 0.15) is 12.0 Å². The van der Waals surface area contributed by atoms with Crippen LogP contribution in [-0.2, 0) is 6.54 Å². The second-order valence-corrected chi connectivity index (χ2v) is 5.15. The molecule has 18 heavy (non-hydrogen) atoms. The first-order valence-corrected chi connectivity index (χ1v) is 6.57. The first-order chi connectivity index (χ1) is 8.74. The first kappa shape index (κ1) is 11.3. The van der Waals surface area contributed by atoms with Crippen LogP contribution in [0.15, 0.2) is 34.1 Å². The highest BCUT2D eigenvalue weighted by molar-refractivity contribution is 7.07. The highest BCUT2D eigenvalue weighted by Crippen LogP contribution is 2.03. The lowest BCUT2D eigenvalue weighted by molar-refractivity contribution is 0.573. The van der Waals surface area contributed by atoms with Gasteiger partial charge in [0, 0.05) is 13.1 Å². The van der Waals surface area contributed by atoms with Gasteiger partial charge in [0.05, 0.1) is 4.53 Å². The average Bonchev–Trinajstić information content (AvgIpc) is 2.67. The Bertz CT molecular complexity index is 760. The lowest BCUT2D eigenvalue weighted by atomic mass is 10.2. The van der Waals surface area contributed by atoms with Crippen LogP contribution < -0.4 is 14.9 Å². The minimum Gasteiger partial charge on any atom is -0.284 e. The zero-order valence-electron chi connectivity index (χ0n) is 9.60. The normalized spacial score (nSPS) is 15.3. The first-order valence-electron chi connectivity index (χ1n) is 5.75. The molecule has 0 N–H and O–H groups in total. The molecule has 1 aromatic carbocycles. The third kappa shape index (κ3) is 2.01.